The Bertz CT molecular complexity index is 765. The van der Waals surface area contributed by atoms with E-state index in [0.717, 1.165) is 32.0 Å². The highest BCUT2D eigenvalue weighted by molar-refractivity contribution is 5.92. The van der Waals surface area contributed by atoms with Crippen LogP contribution in [0.3, 0.4) is 0 Å². The van der Waals surface area contributed by atoms with Crippen molar-refractivity contribution in [1.29, 1.82) is 0 Å². The maximum absolute atomic E-state index is 12.8. The number of carboxylic acid groups (broad SMARTS) is 1. The Labute approximate surface area is 171 Å². The molecule has 1 saturated carbocycles. The highest BCUT2D eigenvalue weighted by atomic mass is 19.4. The molecular formula is C19H26F3N3O5. The molecule has 1 aliphatic carbocycles. The summed E-state index contributed by atoms with van der Waals surface area (Å²) >= 11 is 0. The van der Waals surface area contributed by atoms with Crippen molar-refractivity contribution >= 4 is 11.9 Å². The number of aliphatic carboxylic acids is 1. The van der Waals surface area contributed by atoms with Crippen LogP contribution in [0.15, 0.2) is 10.6 Å². The molecule has 0 radical (unpaired) electrons. The number of carbonyl (C=O) groups excluding carboxylic acids is 1. The molecule has 2 aliphatic heterocycles. The fourth-order valence-electron chi connectivity index (χ4n) is 4.21. The predicted octanol–water partition coefficient (Wildman–Crippen LogP) is 2.19. The van der Waals surface area contributed by atoms with Crippen LogP contribution in [0, 0.1) is 18.8 Å². The fourth-order valence-corrected chi connectivity index (χ4v) is 4.21. The molecule has 2 saturated heterocycles. The Balaban J connectivity index is 0.000000318. The van der Waals surface area contributed by atoms with E-state index in [0.29, 0.717) is 17.4 Å². The number of fused-ring (bicyclic) bond motifs is 1. The summed E-state index contributed by atoms with van der Waals surface area (Å²) in [5, 5.41) is 11.0. The van der Waals surface area contributed by atoms with Crippen LogP contribution in [0.4, 0.5) is 13.2 Å². The van der Waals surface area contributed by atoms with Crippen molar-refractivity contribution < 1.29 is 37.1 Å². The quantitative estimate of drug-likeness (QED) is 0.778. The number of methoxy groups -OCH3 is 1. The van der Waals surface area contributed by atoms with Gasteiger partial charge in [-0.25, -0.2) is 4.79 Å². The lowest BCUT2D eigenvalue weighted by molar-refractivity contribution is -0.192. The number of aromatic nitrogens is 1. The van der Waals surface area contributed by atoms with Crippen LogP contribution in [-0.2, 0) is 9.53 Å². The number of piperidine rings is 1. The van der Waals surface area contributed by atoms with E-state index >= 15 is 0 Å². The second-order valence-corrected chi connectivity index (χ2v) is 8.08. The number of amides is 1. The van der Waals surface area contributed by atoms with Crippen molar-refractivity contribution in [2.75, 3.05) is 33.3 Å². The van der Waals surface area contributed by atoms with Gasteiger partial charge in [0.2, 0.25) is 0 Å². The first kappa shape index (κ1) is 22.5. The predicted molar refractivity (Wildman–Crippen MR) is 97.8 cm³/mol. The van der Waals surface area contributed by atoms with Crippen molar-refractivity contribution in [2.45, 2.75) is 44.5 Å². The molecule has 3 fully saturated rings. The molecule has 1 amide bonds. The molecule has 3 aliphatic rings. The number of alkyl halides is 3. The molecule has 3 heterocycles. The molecule has 1 aromatic rings. The van der Waals surface area contributed by atoms with E-state index in [1.807, 2.05) is 11.8 Å². The van der Waals surface area contributed by atoms with Crippen molar-refractivity contribution in [3.63, 3.8) is 0 Å². The van der Waals surface area contributed by atoms with E-state index < -0.39 is 12.1 Å². The number of aryl methyl sites for hydroxylation is 1. The average Bonchev–Trinajstić information content (AvgIpc) is 3.21. The normalized spacial score (nSPS) is 26.7. The van der Waals surface area contributed by atoms with E-state index in [4.69, 9.17) is 19.2 Å². The highest BCUT2D eigenvalue weighted by Crippen LogP contribution is 2.36. The molecule has 8 nitrogen and oxygen atoms in total. The minimum Gasteiger partial charge on any atom is -0.475 e. The van der Waals surface area contributed by atoms with Gasteiger partial charge in [0, 0.05) is 45.3 Å². The Hall–Kier alpha value is -2.14. The summed E-state index contributed by atoms with van der Waals surface area (Å²) in [6, 6.07) is 1.97. The van der Waals surface area contributed by atoms with Gasteiger partial charge in [0.25, 0.3) is 5.91 Å². The molecule has 11 heteroatoms. The zero-order valence-electron chi connectivity index (χ0n) is 16.9. The van der Waals surface area contributed by atoms with Gasteiger partial charge in [0.1, 0.15) is 5.76 Å². The Morgan fingerprint density at radius 3 is 2.47 bits per heavy atom. The number of carboxylic acids is 1. The third-order valence-electron chi connectivity index (χ3n) is 5.81. The van der Waals surface area contributed by atoms with Crippen molar-refractivity contribution in [2.24, 2.45) is 11.8 Å². The van der Waals surface area contributed by atoms with Gasteiger partial charge < -0.3 is 24.2 Å². The van der Waals surface area contributed by atoms with Gasteiger partial charge in [-0.1, -0.05) is 5.16 Å². The third kappa shape index (κ3) is 5.31. The van der Waals surface area contributed by atoms with E-state index in [2.05, 4.69) is 10.1 Å². The number of likely N-dealkylation sites (tertiary alicyclic amines) is 2. The van der Waals surface area contributed by atoms with Crippen LogP contribution in [-0.4, -0.2) is 83.6 Å². The summed E-state index contributed by atoms with van der Waals surface area (Å²) in [6.07, 6.45) is -1.20. The average molecular weight is 433 g/mol. The van der Waals surface area contributed by atoms with E-state index in [1.54, 1.807) is 13.2 Å². The number of carbonyl (C=O) groups is 2. The first-order chi connectivity index (χ1) is 14.1. The van der Waals surface area contributed by atoms with Crippen molar-refractivity contribution in [1.82, 2.24) is 15.0 Å². The van der Waals surface area contributed by atoms with Gasteiger partial charge in [0.05, 0.1) is 12.1 Å². The Kier molecular flexibility index (Phi) is 6.71. The molecule has 0 aromatic carbocycles. The maximum Gasteiger partial charge on any atom is 0.490 e. The second kappa shape index (κ2) is 8.93. The fraction of sp³-hybridized carbons (Fsp3) is 0.737. The Morgan fingerprint density at radius 2 is 1.97 bits per heavy atom. The summed E-state index contributed by atoms with van der Waals surface area (Å²) in [4.78, 5) is 26.3. The summed E-state index contributed by atoms with van der Waals surface area (Å²) < 4.78 is 42.5. The van der Waals surface area contributed by atoms with Gasteiger partial charge in [-0.2, -0.15) is 13.2 Å². The van der Waals surface area contributed by atoms with Crippen molar-refractivity contribution in [3.8, 4) is 0 Å². The summed E-state index contributed by atoms with van der Waals surface area (Å²) in [6.45, 7) is 5.73. The van der Waals surface area contributed by atoms with Gasteiger partial charge in [-0.3, -0.25) is 4.79 Å². The molecule has 168 valence electrons. The second-order valence-electron chi connectivity index (χ2n) is 8.08. The molecule has 3 atom stereocenters. The summed E-state index contributed by atoms with van der Waals surface area (Å²) in [5.74, 6) is -0.798. The van der Waals surface area contributed by atoms with Crippen LogP contribution >= 0.6 is 0 Å². The van der Waals surface area contributed by atoms with Gasteiger partial charge >= 0.3 is 12.1 Å². The monoisotopic (exact) mass is 433 g/mol. The minimum atomic E-state index is -5.08. The topological polar surface area (TPSA) is 96.1 Å². The third-order valence-corrected chi connectivity index (χ3v) is 5.81. The van der Waals surface area contributed by atoms with E-state index in [9.17, 15) is 18.0 Å². The van der Waals surface area contributed by atoms with E-state index in [1.165, 1.54) is 19.4 Å². The number of rotatable bonds is 4. The molecule has 1 N–H and O–H groups in total. The largest absolute Gasteiger partial charge is 0.490 e. The number of ether oxygens (including phenoxy) is 1. The molecule has 0 unspecified atom stereocenters. The number of hydrogen-bond donors (Lipinski definition) is 1. The molecule has 0 spiro atoms. The van der Waals surface area contributed by atoms with E-state index in [-0.39, 0.29) is 18.1 Å². The van der Waals surface area contributed by atoms with Gasteiger partial charge in [-0.05, 0) is 32.1 Å². The van der Waals surface area contributed by atoms with Crippen LogP contribution < -0.4 is 0 Å². The van der Waals surface area contributed by atoms with Crippen LogP contribution in [0.2, 0.25) is 0 Å². The smallest absolute Gasteiger partial charge is 0.475 e. The SMILES string of the molecule is CO[C@H]1CCN(C(=O)c2cc(C)on2)[C@@H]2CN(CC3CC3)C[C@H]12.O=C(O)C(F)(F)F. The lowest BCUT2D eigenvalue weighted by atomic mass is 9.89. The van der Waals surface area contributed by atoms with Gasteiger partial charge in [0.15, 0.2) is 5.69 Å². The lowest BCUT2D eigenvalue weighted by Gasteiger charge is -2.40. The zero-order chi connectivity index (χ0) is 22.1. The molecular weight excluding hydrogens is 407 g/mol. The van der Waals surface area contributed by atoms with Crippen LogP contribution in [0.1, 0.15) is 35.5 Å². The van der Waals surface area contributed by atoms with Crippen LogP contribution in [0.25, 0.3) is 0 Å². The highest BCUT2D eigenvalue weighted by Gasteiger charge is 2.47. The molecule has 1 aromatic heterocycles. The van der Waals surface area contributed by atoms with Crippen molar-refractivity contribution in [3.05, 3.63) is 17.5 Å². The first-order valence-corrected chi connectivity index (χ1v) is 9.89. The molecule has 30 heavy (non-hydrogen) atoms. The van der Waals surface area contributed by atoms with Crippen LogP contribution in [0.5, 0.6) is 0 Å². The maximum atomic E-state index is 12.8. The number of hydrogen-bond acceptors (Lipinski definition) is 6. The standard InChI is InChI=1S/C17H25N3O3.C2HF3O2/c1-11-7-14(18-23-11)17(21)20-6-5-16(22-2)13-9-19(10-15(13)20)8-12-3-4-12;3-2(4,5)1(6)7/h7,12-13,15-16H,3-6,8-10H2,1-2H3;(H,6,7)/t13-,15+,16-;/m0./s1. The molecule has 0 bridgehead atoms. The number of halogens is 3. The Morgan fingerprint density at radius 1 is 1.30 bits per heavy atom. The summed E-state index contributed by atoms with van der Waals surface area (Å²) in [5.41, 5.74) is 0.428. The number of nitrogens with zero attached hydrogens (tertiary/aromatic N) is 3. The lowest BCUT2D eigenvalue weighted by Crippen LogP contribution is -2.53. The minimum absolute atomic E-state index is 0.000301. The first-order valence-electron chi connectivity index (χ1n) is 9.89. The summed E-state index contributed by atoms with van der Waals surface area (Å²) in [7, 11) is 1.80. The van der Waals surface area contributed by atoms with Gasteiger partial charge in [-0.15, -0.1) is 0 Å². The zero-order valence-corrected chi connectivity index (χ0v) is 16.9. The molecule has 4 rings (SSSR count).